The Kier molecular flexibility index (Phi) is 3.99. The molecule has 0 fully saturated rings. The summed E-state index contributed by atoms with van der Waals surface area (Å²) < 4.78 is 2.60. The molecule has 0 saturated heterocycles. The van der Waals surface area contributed by atoms with Crippen molar-refractivity contribution in [1.29, 1.82) is 0 Å². The summed E-state index contributed by atoms with van der Waals surface area (Å²) in [5, 5.41) is 6.96. The van der Waals surface area contributed by atoms with E-state index >= 15 is 0 Å². The molecular formula is C13H18N4O2. The second kappa shape index (κ2) is 5.69. The van der Waals surface area contributed by atoms with Crippen LogP contribution in [0.4, 0.5) is 0 Å². The summed E-state index contributed by atoms with van der Waals surface area (Å²) in [6.07, 6.45) is 3.57. The zero-order chi connectivity index (χ0) is 13.8. The van der Waals surface area contributed by atoms with Gasteiger partial charge in [-0.15, -0.1) is 5.10 Å². The number of fused-ring (bicyclic) bond motifs is 1. The van der Waals surface area contributed by atoms with Crippen LogP contribution in [0.5, 0.6) is 0 Å². The van der Waals surface area contributed by atoms with Crippen molar-refractivity contribution in [2.75, 3.05) is 0 Å². The third-order valence-corrected chi connectivity index (χ3v) is 2.91. The van der Waals surface area contributed by atoms with Crippen molar-refractivity contribution < 1.29 is 4.79 Å². The van der Waals surface area contributed by atoms with Crippen LogP contribution in [0.3, 0.4) is 0 Å². The number of amides is 1. The number of hydrogen-bond acceptors (Lipinski definition) is 3. The van der Waals surface area contributed by atoms with E-state index in [2.05, 4.69) is 17.3 Å². The maximum atomic E-state index is 12.0. The van der Waals surface area contributed by atoms with Crippen LogP contribution in [0.1, 0.15) is 26.7 Å². The van der Waals surface area contributed by atoms with E-state index in [1.54, 1.807) is 24.4 Å². The van der Waals surface area contributed by atoms with Gasteiger partial charge in [-0.05, 0) is 25.5 Å². The van der Waals surface area contributed by atoms with Crippen molar-refractivity contribution in [2.24, 2.45) is 0 Å². The highest BCUT2D eigenvalue weighted by Crippen LogP contribution is 1.96. The van der Waals surface area contributed by atoms with Crippen molar-refractivity contribution in [3.63, 3.8) is 0 Å². The average molecular weight is 262 g/mol. The Labute approximate surface area is 111 Å². The van der Waals surface area contributed by atoms with Gasteiger partial charge in [-0.25, -0.2) is 9.48 Å². The molecular weight excluding hydrogens is 244 g/mol. The number of nitrogens with one attached hydrogen (secondary N) is 1. The molecule has 0 saturated carbocycles. The minimum absolute atomic E-state index is 0.0471. The quantitative estimate of drug-likeness (QED) is 0.866. The van der Waals surface area contributed by atoms with Gasteiger partial charge in [0.2, 0.25) is 5.91 Å². The maximum Gasteiger partial charge on any atom is 0.350 e. The second-order valence-electron chi connectivity index (χ2n) is 4.63. The zero-order valence-electron chi connectivity index (χ0n) is 11.2. The largest absolute Gasteiger partial charge is 0.352 e. The Morgan fingerprint density at radius 3 is 2.95 bits per heavy atom. The lowest BCUT2D eigenvalue weighted by atomic mass is 10.2. The number of rotatable bonds is 5. The van der Waals surface area contributed by atoms with E-state index in [1.165, 1.54) is 9.08 Å². The summed E-state index contributed by atoms with van der Waals surface area (Å²) in [4.78, 5) is 23.8. The molecule has 0 spiro atoms. The summed E-state index contributed by atoms with van der Waals surface area (Å²) in [5.74, 6) is -0.188. The van der Waals surface area contributed by atoms with Crippen LogP contribution in [0, 0.1) is 0 Å². The first-order valence-corrected chi connectivity index (χ1v) is 6.45. The summed E-state index contributed by atoms with van der Waals surface area (Å²) in [5.41, 5.74) is 0.246. The van der Waals surface area contributed by atoms with Crippen LogP contribution in [0.15, 0.2) is 29.2 Å². The lowest BCUT2D eigenvalue weighted by Crippen LogP contribution is -2.37. The predicted octanol–water partition coefficient (Wildman–Crippen LogP) is 0.801. The number of nitrogens with zero attached hydrogens (tertiary/aromatic N) is 3. The van der Waals surface area contributed by atoms with E-state index < -0.39 is 0 Å². The van der Waals surface area contributed by atoms with Gasteiger partial charge in [-0.3, -0.25) is 9.20 Å². The monoisotopic (exact) mass is 262 g/mol. The van der Waals surface area contributed by atoms with Crippen LogP contribution < -0.4 is 11.0 Å². The van der Waals surface area contributed by atoms with Gasteiger partial charge in [0, 0.05) is 12.2 Å². The average Bonchev–Trinajstić information content (AvgIpc) is 2.67. The number of pyridine rings is 1. The molecule has 0 aliphatic carbocycles. The molecule has 0 bridgehead atoms. The Hall–Kier alpha value is -2.11. The molecule has 2 aromatic heterocycles. The first kappa shape index (κ1) is 13.3. The van der Waals surface area contributed by atoms with E-state index in [4.69, 9.17) is 0 Å². The van der Waals surface area contributed by atoms with Gasteiger partial charge in [-0.1, -0.05) is 19.4 Å². The number of aromatic nitrogens is 3. The summed E-state index contributed by atoms with van der Waals surface area (Å²) in [7, 11) is 0. The Bertz CT molecular complexity index is 629. The molecule has 0 radical (unpaired) electrons. The molecule has 6 heteroatoms. The SMILES string of the molecule is CCCC(C)NC(=O)Cn1nc2ccccn2c1=O. The van der Waals surface area contributed by atoms with Crippen LogP contribution in [0.25, 0.3) is 5.65 Å². The van der Waals surface area contributed by atoms with E-state index in [0.717, 1.165) is 12.8 Å². The summed E-state index contributed by atoms with van der Waals surface area (Å²) in [6.45, 7) is 3.97. The molecule has 0 aromatic carbocycles. The van der Waals surface area contributed by atoms with Gasteiger partial charge in [0.25, 0.3) is 0 Å². The lowest BCUT2D eigenvalue weighted by molar-refractivity contribution is -0.122. The molecule has 2 aromatic rings. The third kappa shape index (κ3) is 3.01. The molecule has 1 N–H and O–H groups in total. The highest BCUT2D eigenvalue weighted by Gasteiger charge is 2.11. The Morgan fingerprint density at radius 2 is 2.26 bits per heavy atom. The van der Waals surface area contributed by atoms with Gasteiger partial charge < -0.3 is 5.32 Å². The minimum atomic E-state index is -0.297. The minimum Gasteiger partial charge on any atom is -0.352 e. The molecule has 19 heavy (non-hydrogen) atoms. The molecule has 0 aliphatic rings. The lowest BCUT2D eigenvalue weighted by Gasteiger charge is -2.11. The fraction of sp³-hybridized carbons (Fsp3) is 0.462. The summed E-state index contributed by atoms with van der Waals surface area (Å²) in [6, 6.07) is 5.40. The van der Waals surface area contributed by atoms with Crippen molar-refractivity contribution in [3.8, 4) is 0 Å². The van der Waals surface area contributed by atoms with Gasteiger partial charge >= 0.3 is 5.69 Å². The van der Waals surface area contributed by atoms with Crippen LogP contribution in [-0.2, 0) is 11.3 Å². The fourth-order valence-electron chi connectivity index (χ4n) is 2.03. The molecule has 102 valence electrons. The first-order valence-electron chi connectivity index (χ1n) is 6.45. The fourth-order valence-corrected chi connectivity index (χ4v) is 2.03. The first-order chi connectivity index (χ1) is 9.11. The molecule has 6 nitrogen and oxygen atoms in total. The number of carbonyl (C=O) groups is 1. The normalized spacial score (nSPS) is 12.5. The summed E-state index contributed by atoms with van der Waals surface area (Å²) >= 11 is 0. The predicted molar refractivity (Wildman–Crippen MR) is 72.0 cm³/mol. The van der Waals surface area contributed by atoms with Crippen molar-refractivity contribution in [1.82, 2.24) is 19.5 Å². The van der Waals surface area contributed by atoms with Gasteiger partial charge in [0.05, 0.1) is 0 Å². The smallest absolute Gasteiger partial charge is 0.350 e. The van der Waals surface area contributed by atoms with Gasteiger partial charge in [0.15, 0.2) is 5.65 Å². The van der Waals surface area contributed by atoms with Crippen LogP contribution in [0.2, 0.25) is 0 Å². The zero-order valence-corrected chi connectivity index (χ0v) is 11.2. The van der Waals surface area contributed by atoms with Crippen LogP contribution in [-0.4, -0.2) is 26.1 Å². The molecule has 2 heterocycles. The maximum absolute atomic E-state index is 12.0. The van der Waals surface area contributed by atoms with Gasteiger partial charge in [0.1, 0.15) is 6.54 Å². The topological polar surface area (TPSA) is 68.4 Å². The van der Waals surface area contributed by atoms with E-state index in [0.29, 0.717) is 5.65 Å². The number of carbonyl (C=O) groups excluding carboxylic acids is 1. The molecule has 1 atom stereocenters. The third-order valence-electron chi connectivity index (χ3n) is 2.91. The van der Waals surface area contributed by atoms with Gasteiger partial charge in [-0.2, -0.15) is 0 Å². The van der Waals surface area contributed by atoms with E-state index in [9.17, 15) is 9.59 Å². The highest BCUT2D eigenvalue weighted by molar-refractivity contribution is 5.75. The highest BCUT2D eigenvalue weighted by atomic mass is 16.2. The standard InChI is InChI=1S/C13H18N4O2/c1-3-6-10(2)14-12(18)9-17-13(19)16-8-5-4-7-11(16)15-17/h4-5,7-8,10H,3,6,9H2,1-2H3,(H,14,18). The molecule has 2 rings (SSSR count). The van der Waals surface area contributed by atoms with Crippen molar-refractivity contribution >= 4 is 11.6 Å². The molecule has 1 amide bonds. The van der Waals surface area contributed by atoms with Crippen molar-refractivity contribution in [2.45, 2.75) is 39.3 Å². The number of hydrogen-bond donors (Lipinski definition) is 1. The molecule has 1 unspecified atom stereocenters. The Balaban J connectivity index is 2.11. The molecule has 0 aliphatic heterocycles. The van der Waals surface area contributed by atoms with Crippen molar-refractivity contribution in [3.05, 3.63) is 34.9 Å². The second-order valence-corrected chi connectivity index (χ2v) is 4.63. The van der Waals surface area contributed by atoms with E-state index in [1.807, 2.05) is 6.92 Å². The Morgan fingerprint density at radius 1 is 1.47 bits per heavy atom. The van der Waals surface area contributed by atoms with Crippen LogP contribution >= 0.6 is 0 Å². The van der Waals surface area contributed by atoms with E-state index in [-0.39, 0.29) is 24.2 Å².